The summed E-state index contributed by atoms with van der Waals surface area (Å²) >= 11 is 6.52. The van der Waals surface area contributed by atoms with Gasteiger partial charge in [-0.05, 0) is 202 Å². The van der Waals surface area contributed by atoms with Crippen LogP contribution in [0.3, 0.4) is 0 Å². The lowest BCUT2D eigenvalue weighted by Gasteiger charge is -2.47. The Hall–Kier alpha value is -5.56. The van der Waals surface area contributed by atoms with Crippen molar-refractivity contribution < 1.29 is 116 Å². The van der Waals surface area contributed by atoms with E-state index in [4.69, 9.17) is 59.0 Å². The topological polar surface area (TPSA) is 354 Å². The number of allylic oxidation sites excluding steroid dienone is 9. The third kappa shape index (κ3) is 27.0. The third-order valence-electron chi connectivity index (χ3n) is 27.3. The van der Waals surface area contributed by atoms with Gasteiger partial charge in [-0.15, -0.1) is 11.6 Å². The van der Waals surface area contributed by atoms with E-state index in [1.165, 1.54) is 31.1 Å². The molecule has 8 rings (SSSR count). The highest BCUT2D eigenvalue weighted by atomic mass is 35.5. The van der Waals surface area contributed by atoms with Gasteiger partial charge in [-0.3, -0.25) is 33.6 Å². The Morgan fingerprint density at radius 3 is 1.79 bits per heavy atom. The van der Waals surface area contributed by atoms with E-state index in [0.717, 1.165) is 30.4 Å². The number of fused-ring (bicyclic) bond motifs is 6. The van der Waals surface area contributed by atoms with Crippen LogP contribution in [-0.4, -0.2) is 252 Å². The number of carbonyl (C=O) groups excluding carboxylic acids is 9. The number of Topliss-reactive ketones (excluding diaryl/α,β-unsaturated/α-hetero) is 5. The summed E-state index contributed by atoms with van der Waals surface area (Å²) in [5, 5.41) is 57.4. The average molecular weight is 1720 g/mol. The molecule has 2 amide bonds. The number of aliphatic hydroxyl groups excluding tert-OH is 3. The number of alkyl halides is 1. The molecule has 4 bridgehead atoms. The van der Waals surface area contributed by atoms with Crippen LogP contribution in [0.5, 0.6) is 0 Å². The van der Waals surface area contributed by atoms with E-state index in [1.807, 2.05) is 91.0 Å². The molecule has 5 N–H and O–H groups in total. The number of ether oxygens (including phenoxy) is 10. The molecule has 6 aliphatic heterocycles. The van der Waals surface area contributed by atoms with Gasteiger partial charge < -0.3 is 82.7 Å². The number of methoxy groups -OCH3 is 6. The highest BCUT2D eigenvalue weighted by Crippen LogP contribution is 2.43. The maximum atomic E-state index is 14.4. The van der Waals surface area contributed by atoms with Gasteiger partial charge >= 0.3 is 11.9 Å². The summed E-state index contributed by atoms with van der Waals surface area (Å²) in [7, 11) is 9.23. The van der Waals surface area contributed by atoms with Crippen molar-refractivity contribution in [2.45, 2.75) is 346 Å². The third-order valence-corrected chi connectivity index (χ3v) is 27.8. The van der Waals surface area contributed by atoms with Gasteiger partial charge in [-0.1, -0.05) is 116 Å². The summed E-state index contributed by atoms with van der Waals surface area (Å²) < 4.78 is 59.3. The first kappa shape index (κ1) is 103. The summed E-state index contributed by atoms with van der Waals surface area (Å²) in [5.41, 5.74) is 2.97. The number of carbonyl (C=O) groups is 9. The average Bonchev–Trinajstić information content (AvgIpc) is 0.844. The van der Waals surface area contributed by atoms with Crippen LogP contribution in [0.4, 0.5) is 0 Å². The molecule has 0 aromatic rings. The quantitative estimate of drug-likeness (QED) is 0.0524. The van der Waals surface area contributed by atoms with Gasteiger partial charge in [0, 0.05) is 111 Å². The van der Waals surface area contributed by atoms with Crippen molar-refractivity contribution in [1.82, 2.24) is 9.80 Å². The van der Waals surface area contributed by atoms with E-state index in [1.54, 1.807) is 62.0 Å². The molecule has 4 saturated heterocycles. The zero-order valence-corrected chi connectivity index (χ0v) is 76.4. The first-order chi connectivity index (χ1) is 57.2. The number of rotatable bonds is 12. The molecule has 121 heavy (non-hydrogen) atoms. The smallest absolute Gasteiger partial charge is 0.329 e. The van der Waals surface area contributed by atoms with Gasteiger partial charge in [-0.2, -0.15) is 0 Å². The maximum Gasteiger partial charge on any atom is 0.329 e. The summed E-state index contributed by atoms with van der Waals surface area (Å²) in [6.07, 6.45) is 16.3. The van der Waals surface area contributed by atoms with Crippen molar-refractivity contribution in [2.24, 2.45) is 65.1 Å². The molecule has 8 aliphatic rings. The Balaban J connectivity index is 0.000000337. The second-order valence-electron chi connectivity index (χ2n) is 36.7. The van der Waals surface area contributed by atoms with E-state index in [2.05, 4.69) is 6.92 Å². The van der Waals surface area contributed by atoms with Crippen LogP contribution in [0.2, 0.25) is 0 Å². The molecule has 0 radical (unpaired) electrons. The Morgan fingerprint density at radius 1 is 0.595 bits per heavy atom. The fourth-order valence-electron chi connectivity index (χ4n) is 19.5. The van der Waals surface area contributed by atoms with Crippen molar-refractivity contribution in [1.29, 1.82) is 0 Å². The second-order valence-corrected chi connectivity index (χ2v) is 37.3. The Labute approximate surface area is 724 Å². The number of aliphatic hydroxyl groups is 5. The summed E-state index contributed by atoms with van der Waals surface area (Å²) in [5.74, 6) is -15.3. The minimum atomic E-state index is -2.49. The highest BCUT2D eigenvalue weighted by molar-refractivity contribution is 6.39. The molecular formula is C94H147ClN2O24. The summed E-state index contributed by atoms with van der Waals surface area (Å²) in [6, 6.07) is -2.26. The van der Waals surface area contributed by atoms with Crippen molar-refractivity contribution in [3.63, 3.8) is 0 Å². The highest BCUT2D eigenvalue weighted by Gasteiger charge is 2.58. The van der Waals surface area contributed by atoms with Crippen LogP contribution < -0.4 is 0 Å². The van der Waals surface area contributed by atoms with Crippen LogP contribution in [0.1, 0.15) is 238 Å². The Bertz CT molecular complexity index is 3650. The number of ketones is 5. The van der Waals surface area contributed by atoms with Crippen LogP contribution in [0, 0.1) is 65.1 Å². The second kappa shape index (κ2) is 47.8. The van der Waals surface area contributed by atoms with Crippen LogP contribution in [-0.2, 0) is 90.5 Å². The number of amides is 2. The lowest BCUT2D eigenvalue weighted by molar-refractivity contribution is -0.302. The fraction of sp³-hybridized carbons (Fsp3) is 0.777. The van der Waals surface area contributed by atoms with E-state index >= 15 is 0 Å². The molecule has 0 aromatic carbocycles. The largest absolute Gasteiger partial charge is 0.460 e. The van der Waals surface area contributed by atoms with Crippen molar-refractivity contribution >= 4 is 64.3 Å². The number of piperidine rings is 2. The molecule has 0 aromatic heterocycles. The Morgan fingerprint density at radius 2 is 1.20 bits per heavy atom. The predicted octanol–water partition coefficient (Wildman–Crippen LogP) is 11.9. The monoisotopic (exact) mass is 1720 g/mol. The molecule has 2 saturated carbocycles. The molecule has 6 heterocycles. The predicted molar refractivity (Wildman–Crippen MR) is 457 cm³/mol. The maximum absolute atomic E-state index is 14.4. The summed E-state index contributed by atoms with van der Waals surface area (Å²) in [4.78, 5) is 129. The van der Waals surface area contributed by atoms with E-state index < -0.39 is 162 Å². The van der Waals surface area contributed by atoms with Crippen molar-refractivity contribution in [2.75, 3.05) is 55.7 Å². The molecule has 26 nitrogen and oxygen atoms in total. The summed E-state index contributed by atoms with van der Waals surface area (Å²) in [6.45, 7) is 24.1. The standard InChI is InChI=1S/C51H79NO13.C43H68ClNO11/c1-30-16-12-11-13-17-31(2)42(61-8)28-38-21-19-36(7)51(60,65-38)48(57)49(58)52-23-15-14-18-39(52)50(59)64-43(33(4)26-37-20-22-40(53)44(27-37)62-9)29-41(54)32(3)25-35(6)46(56)47(63-10)45(55)34(5)24-30;1-10-30-18-24(2)17-25(3)19-36(53-8)39-37(54-9)21-27(5)43(51,56-39)40(48)41(49)45-16-12-11-13-32(45)42(50)55-38(28(6)33(46)23-34(30)47)26(4)20-29-14-15-31(44)35(22-29)52-7/h11-13,16-17,25,30,32-34,36-40,42-44,46-47,53,56,60H,14-15,18-24,26-29H2,1-10H3;18,20,25,27-33,35-39,46,51H,10-17,19,21-23H2,1-9H3/b13-11?,16-12+,31-17?,35-25+;24-18+,26-20+/t30-,32-,33-,34-,36-,37+,38+,39+,40-,42+,43+,44-,46-,47+,51-;25-,27+,28+,29-,30+,31+,32-,33-,35+,36-,37-,38+,39+,43+/m10/s1. The van der Waals surface area contributed by atoms with Crippen LogP contribution in [0.25, 0.3) is 0 Å². The van der Waals surface area contributed by atoms with Crippen LogP contribution >= 0.6 is 11.6 Å². The molecule has 27 heteroatoms. The lowest BCUT2D eigenvalue weighted by atomic mass is 9.78. The van der Waals surface area contributed by atoms with E-state index in [9.17, 15) is 68.7 Å². The Kier molecular flexibility index (Phi) is 40.5. The van der Waals surface area contributed by atoms with Crippen LogP contribution in [0.15, 0.2) is 70.9 Å². The molecule has 684 valence electrons. The minimum absolute atomic E-state index is 0.0193. The number of hydrogen-bond donors (Lipinski definition) is 5. The number of halogens is 1. The molecule has 2 aliphatic carbocycles. The fourth-order valence-corrected chi connectivity index (χ4v) is 19.8. The van der Waals surface area contributed by atoms with Gasteiger partial charge in [0.25, 0.3) is 23.4 Å². The van der Waals surface area contributed by atoms with Crippen molar-refractivity contribution in [3.8, 4) is 0 Å². The molecule has 0 unspecified atom stereocenters. The minimum Gasteiger partial charge on any atom is -0.460 e. The van der Waals surface area contributed by atoms with Gasteiger partial charge in [0.2, 0.25) is 11.6 Å². The SMILES string of the molecule is CC[C@@H]1/C=C(\C)C[C@H](C)C[C@H](OC)[C@H]2O[C@@](O)(C(=O)C(=O)N3CCCC[C@H]3C(=O)O[C@H](/C(C)=C/[C@@H]3CC[C@@H](Cl)[C@H](OC)C3)[C@H](C)[C@@H](O)CC1=O)[C@H](C)C[C@@H]2OC.CO[C@H]1C[C@@H]2CC[C@@H](C)[C@@](O)(O2)C(=O)C(=O)N2CCCC[C@H]2C(=O)O[C@H]([C@H](C)C[C@@H]2CC[C@@H](O)[C@H](OC)C2)CC(=O)[C@H](C)/C=C(\C)[C@@H](O)[C@@H](OC)C(=O)[C@H](C)C[C@H](C)/C=C/C=CC=C1C. The molecular weight excluding hydrogens is 1580 g/mol. The number of esters is 2. The normalized spacial score (nSPS) is 40.3. The molecule has 29 atom stereocenters. The first-order valence-electron chi connectivity index (χ1n) is 44.7. The molecule has 0 spiro atoms. The van der Waals surface area contributed by atoms with Crippen molar-refractivity contribution in [3.05, 3.63) is 70.9 Å². The van der Waals surface area contributed by atoms with Gasteiger partial charge in [0.15, 0.2) is 5.78 Å². The van der Waals surface area contributed by atoms with E-state index in [0.29, 0.717) is 107 Å². The van der Waals surface area contributed by atoms with Gasteiger partial charge in [0.1, 0.15) is 54.2 Å². The zero-order valence-electron chi connectivity index (χ0n) is 75.7. The first-order valence-corrected chi connectivity index (χ1v) is 45.1. The zero-order chi connectivity index (χ0) is 89.7. The van der Waals surface area contributed by atoms with Gasteiger partial charge in [0.05, 0.1) is 54.2 Å². The molecule has 6 fully saturated rings. The number of nitrogens with zero attached hydrogens (tertiary/aromatic N) is 2. The number of hydrogen-bond acceptors (Lipinski definition) is 24. The lowest BCUT2D eigenvalue weighted by Crippen LogP contribution is -2.64. The van der Waals surface area contributed by atoms with E-state index in [-0.39, 0.29) is 110 Å². The number of cyclic esters (lactones) is 2. The van der Waals surface area contributed by atoms with Gasteiger partial charge in [-0.25, -0.2) is 9.59 Å².